The third-order valence-electron chi connectivity index (χ3n) is 5.01. The van der Waals surface area contributed by atoms with Crippen molar-refractivity contribution in [3.63, 3.8) is 0 Å². The number of carbonyl (C=O) groups excluding carboxylic acids is 1. The first kappa shape index (κ1) is 19.3. The van der Waals surface area contributed by atoms with Gasteiger partial charge in [0, 0.05) is 17.6 Å². The summed E-state index contributed by atoms with van der Waals surface area (Å²) >= 11 is 5.99. The van der Waals surface area contributed by atoms with Crippen LogP contribution in [0, 0.1) is 6.92 Å². The fourth-order valence-corrected chi connectivity index (χ4v) is 3.58. The standard InChI is InChI=1S/C22H22ClN3O3/c1-15-20-12-26(21(27)16-8-10-17(23)11-9-16)18(14-29-22(20)25(2)24-15)13-28-19-6-4-3-5-7-19/h3-11,18H,12-14H2,1-2H3. The Hall–Kier alpha value is -2.99. The van der Waals surface area contributed by atoms with Crippen molar-refractivity contribution in [1.82, 2.24) is 14.7 Å². The van der Waals surface area contributed by atoms with Crippen molar-refractivity contribution in [3.8, 4) is 11.6 Å². The first-order valence-electron chi connectivity index (χ1n) is 9.42. The minimum atomic E-state index is -0.259. The van der Waals surface area contributed by atoms with Crippen molar-refractivity contribution in [2.24, 2.45) is 7.05 Å². The molecule has 150 valence electrons. The Balaban J connectivity index is 1.63. The number of aryl methyl sites for hydroxylation is 2. The van der Waals surface area contributed by atoms with Crippen LogP contribution in [0.5, 0.6) is 11.6 Å². The predicted molar refractivity (Wildman–Crippen MR) is 110 cm³/mol. The van der Waals surface area contributed by atoms with Crippen molar-refractivity contribution in [1.29, 1.82) is 0 Å². The van der Waals surface area contributed by atoms with Crippen molar-refractivity contribution in [3.05, 3.63) is 76.4 Å². The van der Waals surface area contributed by atoms with E-state index in [1.807, 2.05) is 44.3 Å². The molecule has 1 aliphatic heterocycles. The molecule has 0 saturated heterocycles. The zero-order valence-corrected chi connectivity index (χ0v) is 17.1. The summed E-state index contributed by atoms with van der Waals surface area (Å²) in [6, 6.07) is 16.2. The van der Waals surface area contributed by atoms with Gasteiger partial charge in [-0.1, -0.05) is 29.8 Å². The molecule has 2 aromatic carbocycles. The summed E-state index contributed by atoms with van der Waals surface area (Å²) in [7, 11) is 1.85. The van der Waals surface area contributed by atoms with E-state index < -0.39 is 0 Å². The molecule has 2 heterocycles. The lowest BCUT2D eigenvalue weighted by molar-refractivity contribution is 0.0529. The number of fused-ring (bicyclic) bond motifs is 1. The van der Waals surface area contributed by atoms with E-state index in [9.17, 15) is 4.79 Å². The van der Waals surface area contributed by atoms with Gasteiger partial charge in [0.1, 0.15) is 25.0 Å². The molecule has 0 N–H and O–H groups in total. The van der Waals surface area contributed by atoms with Gasteiger partial charge in [-0.25, -0.2) is 4.68 Å². The van der Waals surface area contributed by atoms with Crippen LogP contribution >= 0.6 is 11.6 Å². The molecule has 0 spiro atoms. The van der Waals surface area contributed by atoms with Gasteiger partial charge in [0.2, 0.25) is 5.88 Å². The number of aromatic nitrogens is 2. The van der Waals surface area contributed by atoms with Crippen molar-refractivity contribution >= 4 is 17.5 Å². The zero-order valence-electron chi connectivity index (χ0n) is 16.3. The van der Waals surface area contributed by atoms with Crippen molar-refractivity contribution in [2.75, 3.05) is 13.2 Å². The lowest BCUT2D eigenvalue weighted by Gasteiger charge is -2.29. The molecule has 1 aliphatic rings. The molecule has 1 unspecified atom stereocenters. The van der Waals surface area contributed by atoms with Gasteiger partial charge in [0.25, 0.3) is 5.91 Å². The Bertz CT molecular complexity index is 1000. The van der Waals surface area contributed by atoms with Crippen molar-refractivity contribution in [2.45, 2.75) is 19.5 Å². The molecule has 3 aromatic rings. The second-order valence-corrected chi connectivity index (χ2v) is 7.46. The van der Waals surface area contributed by atoms with E-state index in [0.29, 0.717) is 36.2 Å². The summed E-state index contributed by atoms with van der Waals surface area (Å²) in [5, 5.41) is 5.03. The fraction of sp³-hybridized carbons (Fsp3) is 0.273. The minimum absolute atomic E-state index is 0.0944. The summed E-state index contributed by atoms with van der Waals surface area (Å²) in [4.78, 5) is 15.2. The molecule has 1 amide bonds. The number of rotatable bonds is 4. The SMILES string of the molecule is Cc1nn(C)c2c1CN(C(=O)c1ccc(Cl)cc1)C(COc1ccccc1)CO2. The molecule has 1 aromatic heterocycles. The van der Waals surface area contributed by atoms with Gasteiger partial charge in [-0.2, -0.15) is 5.10 Å². The summed E-state index contributed by atoms with van der Waals surface area (Å²) < 4.78 is 13.7. The Kier molecular flexibility index (Phi) is 5.45. The van der Waals surface area contributed by atoms with Crippen LogP contribution in [0.1, 0.15) is 21.6 Å². The van der Waals surface area contributed by atoms with Gasteiger partial charge in [-0.05, 0) is 43.3 Å². The summed E-state index contributed by atoms with van der Waals surface area (Å²) in [5.41, 5.74) is 2.34. The van der Waals surface area contributed by atoms with Gasteiger partial charge in [0.15, 0.2) is 0 Å². The molecule has 6 nitrogen and oxygen atoms in total. The van der Waals surface area contributed by atoms with Crippen LogP contribution in [0.25, 0.3) is 0 Å². The number of amides is 1. The van der Waals surface area contributed by atoms with E-state index in [2.05, 4.69) is 5.10 Å². The maximum atomic E-state index is 13.4. The second kappa shape index (κ2) is 8.17. The molecule has 0 radical (unpaired) electrons. The average molecular weight is 412 g/mol. The highest BCUT2D eigenvalue weighted by Gasteiger charge is 2.32. The average Bonchev–Trinajstić information content (AvgIpc) is 2.89. The van der Waals surface area contributed by atoms with E-state index in [1.165, 1.54) is 0 Å². The lowest BCUT2D eigenvalue weighted by atomic mass is 10.1. The summed E-state index contributed by atoms with van der Waals surface area (Å²) in [6.07, 6.45) is 0. The van der Waals surface area contributed by atoms with Gasteiger partial charge in [0.05, 0.1) is 17.8 Å². The molecule has 0 fully saturated rings. The summed E-state index contributed by atoms with van der Waals surface area (Å²) in [6.45, 7) is 2.97. The molecule has 0 bridgehead atoms. The first-order valence-corrected chi connectivity index (χ1v) is 9.80. The fourth-order valence-electron chi connectivity index (χ4n) is 3.45. The topological polar surface area (TPSA) is 56.6 Å². The predicted octanol–water partition coefficient (Wildman–Crippen LogP) is 3.86. The van der Waals surface area contributed by atoms with Gasteiger partial charge in [-0.15, -0.1) is 0 Å². The third-order valence-corrected chi connectivity index (χ3v) is 5.26. The van der Waals surface area contributed by atoms with Crippen LogP contribution in [-0.4, -0.2) is 39.8 Å². The Labute approximate surface area is 174 Å². The smallest absolute Gasteiger partial charge is 0.254 e. The Morgan fingerprint density at radius 2 is 1.93 bits per heavy atom. The van der Waals surface area contributed by atoms with Crippen LogP contribution in [0.2, 0.25) is 5.02 Å². The Morgan fingerprint density at radius 1 is 1.21 bits per heavy atom. The highest BCUT2D eigenvalue weighted by molar-refractivity contribution is 6.30. The molecule has 29 heavy (non-hydrogen) atoms. The first-order chi connectivity index (χ1) is 14.0. The third kappa shape index (κ3) is 4.07. The highest BCUT2D eigenvalue weighted by atomic mass is 35.5. The number of benzene rings is 2. The molecule has 1 atom stereocenters. The number of hydrogen-bond donors (Lipinski definition) is 0. The van der Waals surface area contributed by atoms with E-state index in [0.717, 1.165) is 17.0 Å². The van der Waals surface area contributed by atoms with Crippen LogP contribution < -0.4 is 9.47 Å². The number of ether oxygens (including phenoxy) is 2. The lowest BCUT2D eigenvalue weighted by Crippen LogP contribution is -2.45. The number of hydrogen-bond acceptors (Lipinski definition) is 4. The normalized spacial score (nSPS) is 16.0. The minimum Gasteiger partial charge on any atom is -0.491 e. The molecule has 0 saturated carbocycles. The quantitative estimate of drug-likeness (QED) is 0.654. The second-order valence-electron chi connectivity index (χ2n) is 7.02. The maximum absolute atomic E-state index is 13.4. The Morgan fingerprint density at radius 3 is 2.66 bits per heavy atom. The van der Waals surface area contributed by atoms with Gasteiger partial charge >= 0.3 is 0 Å². The monoisotopic (exact) mass is 411 g/mol. The number of halogens is 1. The molecule has 0 aliphatic carbocycles. The van der Waals surface area contributed by atoms with Crippen LogP contribution in [0.15, 0.2) is 54.6 Å². The number of nitrogens with zero attached hydrogens (tertiary/aromatic N) is 3. The van der Waals surface area contributed by atoms with E-state index >= 15 is 0 Å². The van der Waals surface area contributed by atoms with Gasteiger partial charge < -0.3 is 14.4 Å². The van der Waals surface area contributed by atoms with Crippen molar-refractivity contribution < 1.29 is 14.3 Å². The maximum Gasteiger partial charge on any atom is 0.254 e. The largest absolute Gasteiger partial charge is 0.491 e. The zero-order chi connectivity index (χ0) is 20.4. The van der Waals surface area contributed by atoms with Crippen LogP contribution in [-0.2, 0) is 13.6 Å². The summed E-state index contributed by atoms with van der Waals surface area (Å²) in [5.74, 6) is 1.35. The number of carbonyl (C=O) groups is 1. The molecular weight excluding hydrogens is 390 g/mol. The molecule has 7 heteroatoms. The van der Waals surface area contributed by atoms with E-state index in [1.54, 1.807) is 33.8 Å². The van der Waals surface area contributed by atoms with Crippen LogP contribution in [0.4, 0.5) is 0 Å². The van der Waals surface area contributed by atoms with E-state index in [-0.39, 0.29) is 11.9 Å². The van der Waals surface area contributed by atoms with Gasteiger partial charge in [-0.3, -0.25) is 4.79 Å². The van der Waals surface area contributed by atoms with E-state index in [4.69, 9.17) is 21.1 Å². The highest BCUT2D eigenvalue weighted by Crippen LogP contribution is 2.29. The molecule has 4 rings (SSSR count). The molecular formula is C22H22ClN3O3. The number of para-hydroxylation sites is 1. The van der Waals surface area contributed by atoms with Crippen LogP contribution in [0.3, 0.4) is 0 Å².